The van der Waals surface area contributed by atoms with E-state index in [1.54, 1.807) is 17.5 Å². The van der Waals surface area contributed by atoms with E-state index in [9.17, 15) is 4.79 Å². The number of thioether (sulfide) groups is 1. The molecule has 5 heteroatoms. The van der Waals surface area contributed by atoms with Crippen molar-refractivity contribution in [3.63, 3.8) is 0 Å². The number of thiocyanates is 2. The molecule has 0 aliphatic rings. The Balaban J connectivity index is 0.000000583. The predicted octanol–water partition coefficient (Wildman–Crippen LogP) is 2.75. The Morgan fingerprint density at radius 3 is 2.20 bits per heavy atom. The van der Waals surface area contributed by atoms with Gasteiger partial charge < -0.3 is 0 Å². The molecule has 0 N–H and O–H groups in total. The number of hydrogen-bond donors (Lipinski definition) is 1. The Labute approximate surface area is 98.1 Å². The first-order valence-corrected chi connectivity index (χ1v) is 5.12. The standard InChI is InChI=1S/C9H7NOS.CHNS/c1-7-2-4-8(5-3-7)9(11)12-6-10;2-1-3/h2-5H,1H3;3H. The summed E-state index contributed by atoms with van der Waals surface area (Å²) in [5.41, 5.74) is 1.68. The molecule has 1 aromatic carbocycles. The predicted molar refractivity (Wildman–Crippen MR) is 63.3 cm³/mol. The number of benzene rings is 1. The van der Waals surface area contributed by atoms with Crippen molar-refractivity contribution in [2.24, 2.45) is 0 Å². The number of carbonyl (C=O) groups excluding carboxylic acids is 1. The molecular formula is C10H8N2OS2. The summed E-state index contributed by atoms with van der Waals surface area (Å²) in [7, 11) is 0. The van der Waals surface area contributed by atoms with Crippen molar-refractivity contribution in [3.05, 3.63) is 35.4 Å². The van der Waals surface area contributed by atoms with Crippen molar-refractivity contribution in [2.45, 2.75) is 6.92 Å². The van der Waals surface area contributed by atoms with Gasteiger partial charge in [-0.05, 0) is 6.92 Å². The van der Waals surface area contributed by atoms with E-state index in [-0.39, 0.29) is 5.12 Å². The molecule has 0 atom stereocenters. The maximum Gasteiger partial charge on any atom is 0.233 e. The quantitative estimate of drug-likeness (QED) is 0.601. The molecule has 0 amide bonds. The van der Waals surface area contributed by atoms with Crippen LogP contribution in [0.25, 0.3) is 0 Å². The van der Waals surface area contributed by atoms with Crippen molar-refractivity contribution in [1.29, 1.82) is 10.5 Å². The van der Waals surface area contributed by atoms with Gasteiger partial charge in [-0.2, -0.15) is 10.5 Å². The van der Waals surface area contributed by atoms with Crippen molar-refractivity contribution >= 4 is 29.5 Å². The Bertz CT molecular complexity index is 401. The zero-order valence-electron chi connectivity index (χ0n) is 7.97. The lowest BCUT2D eigenvalue weighted by Crippen LogP contribution is -1.90. The average Bonchev–Trinajstić information content (AvgIpc) is 2.20. The molecule has 15 heavy (non-hydrogen) atoms. The fraction of sp³-hybridized carbons (Fsp3) is 0.100. The first-order valence-electron chi connectivity index (χ1n) is 3.85. The van der Waals surface area contributed by atoms with Gasteiger partial charge in [0.25, 0.3) is 0 Å². The molecule has 0 unspecified atom stereocenters. The van der Waals surface area contributed by atoms with E-state index < -0.39 is 0 Å². The summed E-state index contributed by atoms with van der Waals surface area (Å²) < 4.78 is 0. The molecule has 0 spiro atoms. The third-order valence-electron chi connectivity index (χ3n) is 1.43. The highest BCUT2D eigenvalue weighted by atomic mass is 32.2. The molecule has 0 saturated carbocycles. The van der Waals surface area contributed by atoms with Crippen LogP contribution in [0.15, 0.2) is 24.3 Å². The molecule has 0 heterocycles. The van der Waals surface area contributed by atoms with Gasteiger partial charge in [0.2, 0.25) is 5.12 Å². The number of aryl methyl sites for hydroxylation is 1. The van der Waals surface area contributed by atoms with Gasteiger partial charge in [0.1, 0.15) is 10.8 Å². The lowest BCUT2D eigenvalue weighted by molar-refractivity contribution is 0.109. The average molecular weight is 236 g/mol. The van der Waals surface area contributed by atoms with E-state index in [1.165, 1.54) is 5.40 Å². The van der Waals surface area contributed by atoms with Gasteiger partial charge in [-0.25, -0.2) is 0 Å². The second-order valence-corrected chi connectivity index (χ2v) is 3.40. The van der Waals surface area contributed by atoms with E-state index in [0.717, 1.165) is 5.56 Å². The van der Waals surface area contributed by atoms with Gasteiger partial charge in [0.05, 0.1) is 0 Å². The molecule has 0 aliphatic heterocycles. The maximum atomic E-state index is 11.1. The normalized spacial score (nSPS) is 7.73. The molecule has 3 nitrogen and oxygen atoms in total. The van der Waals surface area contributed by atoms with Gasteiger partial charge in [-0.3, -0.25) is 4.79 Å². The van der Waals surface area contributed by atoms with E-state index >= 15 is 0 Å². The van der Waals surface area contributed by atoms with Crippen LogP contribution in [0, 0.1) is 28.3 Å². The molecule has 0 aromatic heterocycles. The summed E-state index contributed by atoms with van der Waals surface area (Å²) in [4.78, 5) is 11.1. The smallest absolute Gasteiger partial charge is 0.233 e. The highest BCUT2D eigenvalue weighted by Gasteiger charge is 2.04. The fourth-order valence-electron chi connectivity index (χ4n) is 0.790. The Hall–Kier alpha value is -1.43. The second kappa shape index (κ2) is 7.93. The first-order chi connectivity index (χ1) is 7.15. The lowest BCUT2D eigenvalue weighted by Gasteiger charge is -1.95. The fourth-order valence-corrected chi connectivity index (χ4v) is 1.13. The van der Waals surface area contributed by atoms with E-state index in [4.69, 9.17) is 10.5 Å². The molecule has 0 bridgehead atoms. The van der Waals surface area contributed by atoms with Gasteiger partial charge in [-0.15, -0.1) is 0 Å². The van der Waals surface area contributed by atoms with Crippen LogP contribution >= 0.6 is 24.4 Å². The van der Waals surface area contributed by atoms with Crippen molar-refractivity contribution in [3.8, 4) is 10.8 Å². The van der Waals surface area contributed by atoms with E-state index in [1.807, 2.05) is 19.1 Å². The summed E-state index contributed by atoms with van der Waals surface area (Å²) in [6, 6.07) is 7.15. The first kappa shape index (κ1) is 13.6. The topological polar surface area (TPSA) is 64.7 Å². The summed E-state index contributed by atoms with van der Waals surface area (Å²) in [6.45, 7) is 1.95. The van der Waals surface area contributed by atoms with E-state index in [0.29, 0.717) is 17.3 Å². The Morgan fingerprint density at radius 2 is 1.80 bits per heavy atom. The molecule has 1 aromatic rings. The summed E-state index contributed by atoms with van der Waals surface area (Å²) >= 11 is 3.75. The number of hydrogen-bond acceptors (Lipinski definition) is 5. The highest BCUT2D eigenvalue weighted by Crippen LogP contribution is 2.11. The highest BCUT2D eigenvalue weighted by molar-refractivity contribution is 8.18. The van der Waals surface area contributed by atoms with Gasteiger partial charge in [0, 0.05) is 17.3 Å². The summed E-state index contributed by atoms with van der Waals surface area (Å²) in [5, 5.41) is 18.4. The van der Waals surface area contributed by atoms with Gasteiger partial charge >= 0.3 is 0 Å². The zero-order valence-corrected chi connectivity index (χ0v) is 9.68. The minimum absolute atomic E-state index is 0.197. The number of carbonyl (C=O) groups is 1. The molecule has 0 saturated heterocycles. The molecule has 0 radical (unpaired) electrons. The Kier molecular flexibility index (Phi) is 7.17. The van der Waals surface area contributed by atoms with Crippen LogP contribution in [-0.4, -0.2) is 5.12 Å². The second-order valence-electron chi connectivity index (χ2n) is 2.45. The Morgan fingerprint density at radius 1 is 1.33 bits per heavy atom. The van der Waals surface area contributed by atoms with E-state index in [2.05, 4.69) is 12.6 Å². The third-order valence-corrected chi connectivity index (χ3v) is 1.94. The summed E-state index contributed by atoms with van der Waals surface area (Å²) in [6.07, 6.45) is 0. The minimum Gasteiger partial charge on any atom is -0.280 e. The maximum absolute atomic E-state index is 11.1. The largest absolute Gasteiger partial charge is 0.280 e. The lowest BCUT2D eigenvalue weighted by atomic mass is 10.2. The van der Waals surface area contributed by atoms with Gasteiger partial charge in [-0.1, -0.05) is 42.5 Å². The minimum atomic E-state index is -0.197. The number of nitriles is 2. The van der Waals surface area contributed by atoms with Gasteiger partial charge in [0.15, 0.2) is 0 Å². The number of thiol groups is 1. The monoisotopic (exact) mass is 236 g/mol. The number of nitrogens with zero attached hydrogens (tertiary/aromatic N) is 2. The van der Waals surface area contributed by atoms with Crippen LogP contribution in [-0.2, 0) is 0 Å². The van der Waals surface area contributed by atoms with Crippen LogP contribution in [0.5, 0.6) is 0 Å². The van der Waals surface area contributed by atoms with Crippen LogP contribution < -0.4 is 0 Å². The third kappa shape index (κ3) is 5.79. The molecule has 0 aliphatic carbocycles. The zero-order chi connectivity index (χ0) is 11.7. The molecule has 0 fully saturated rings. The SMILES string of the molecule is Cc1ccc(C(=O)SC#N)cc1.N#CS. The summed E-state index contributed by atoms with van der Waals surface area (Å²) in [5.74, 6) is 0. The van der Waals surface area contributed by atoms with Crippen molar-refractivity contribution in [2.75, 3.05) is 0 Å². The van der Waals surface area contributed by atoms with Crippen LogP contribution in [0.1, 0.15) is 15.9 Å². The van der Waals surface area contributed by atoms with Crippen molar-refractivity contribution < 1.29 is 4.79 Å². The van der Waals surface area contributed by atoms with Crippen LogP contribution in [0.4, 0.5) is 0 Å². The number of rotatable bonds is 1. The molecule has 76 valence electrons. The van der Waals surface area contributed by atoms with Crippen LogP contribution in [0.2, 0.25) is 0 Å². The van der Waals surface area contributed by atoms with Crippen molar-refractivity contribution in [1.82, 2.24) is 0 Å². The van der Waals surface area contributed by atoms with Crippen LogP contribution in [0.3, 0.4) is 0 Å². The molecular weight excluding hydrogens is 228 g/mol. The molecule has 1 rings (SSSR count).